The van der Waals surface area contributed by atoms with Crippen molar-refractivity contribution in [1.29, 1.82) is 0 Å². The number of benzene rings is 1. The summed E-state index contributed by atoms with van der Waals surface area (Å²) < 4.78 is 36.3. The van der Waals surface area contributed by atoms with Gasteiger partial charge in [0.2, 0.25) is 5.88 Å². The maximum atomic E-state index is 12.7. The molecule has 0 atom stereocenters. The molecule has 0 aliphatic heterocycles. The Balaban J connectivity index is 1.97. The van der Waals surface area contributed by atoms with Crippen LogP contribution in [0.5, 0.6) is 11.9 Å². The summed E-state index contributed by atoms with van der Waals surface area (Å²) in [7, 11) is 1.47. The molecular weight excluding hydrogens is 354 g/mol. The van der Waals surface area contributed by atoms with E-state index in [1.807, 2.05) is 0 Å². The highest BCUT2D eigenvalue weighted by atomic mass is 35.5. The van der Waals surface area contributed by atoms with Crippen molar-refractivity contribution in [3.05, 3.63) is 53.4 Å². The summed E-state index contributed by atoms with van der Waals surface area (Å²) in [4.78, 5) is 7.96. The maximum Gasteiger partial charge on any atom is 0.388 e. The first-order valence-corrected chi connectivity index (χ1v) is 7.56. The molecule has 3 rings (SSSR count). The first-order valence-electron chi connectivity index (χ1n) is 7.18. The standard InChI is InChI=1S/C16H13ClF2N4O2/c1-24-16-21-9-23(22-16)8-10-5-13(11-3-2-4-12(17)6-11)14(20-7-10)25-15(18)19/h2-7,9,15H,8H2,1H3. The highest BCUT2D eigenvalue weighted by molar-refractivity contribution is 6.30. The van der Waals surface area contributed by atoms with Gasteiger partial charge in [-0.2, -0.15) is 13.8 Å². The lowest BCUT2D eigenvalue weighted by atomic mass is 10.1. The molecule has 0 unspecified atom stereocenters. The van der Waals surface area contributed by atoms with Crippen molar-refractivity contribution in [2.75, 3.05) is 7.11 Å². The number of halogens is 3. The van der Waals surface area contributed by atoms with Gasteiger partial charge in [0.1, 0.15) is 6.33 Å². The van der Waals surface area contributed by atoms with Gasteiger partial charge in [0, 0.05) is 16.8 Å². The lowest BCUT2D eigenvalue weighted by Crippen LogP contribution is -2.07. The predicted molar refractivity (Wildman–Crippen MR) is 87.0 cm³/mol. The van der Waals surface area contributed by atoms with E-state index in [0.717, 1.165) is 5.56 Å². The Bertz CT molecular complexity index is 873. The number of hydrogen-bond acceptors (Lipinski definition) is 5. The fourth-order valence-electron chi connectivity index (χ4n) is 2.26. The number of hydrogen-bond donors (Lipinski definition) is 0. The van der Waals surface area contributed by atoms with Gasteiger partial charge >= 0.3 is 12.6 Å². The number of pyridine rings is 1. The van der Waals surface area contributed by atoms with Crippen LogP contribution in [0.4, 0.5) is 8.78 Å². The van der Waals surface area contributed by atoms with Crippen molar-refractivity contribution < 1.29 is 18.3 Å². The van der Waals surface area contributed by atoms with Crippen molar-refractivity contribution in [3.8, 4) is 23.0 Å². The van der Waals surface area contributed by atoms with E-state index in [4.69, 9.17) is 16.3 Å². The Morgan fingerprint density at radius 2 is 2.08 bits per heavy atom. The number of alkyl halides is 2. The van der Waals surface area contributed by atoms with Crippen molar-refractivity contribution in [1.82, 2.24) is 19.7 Å². The van der Waals surface area contributed by atoms with Crippen LogP contribution in [0, 0.1) is 0 Å². The number of nitrogens with zero attached hydrogens (tertiary/aromatic N) is 4. The average Bonchev–Trinajstić information content (AvgIpc) is 3.03. The molecular formula is C16H13ClF2N4O2. The van der Waals surface area contributed by atoms with Gasteiger partial charge < -0.3 is 9.47 Å². The first-order chi connectivity index (χ1) is 12.0. The van der Waals surface area contributed by atoms with E-state index in [-0.39, 0.29) is 11.9 Å². The second-order valence-corrected chi connectivity index (χ2v) is 5.45. The Morgan fingerprint density at radius 1 is 1.24 bits per heavy atom. The van der Waals surface area contributed by atoms with Crippen LogP contribution in [0.1, 0.15) is 5.56 Å². The largest absolute Gasteiger partial charge is 0.466 e. The maximum absolute atomic E-state index is 12.7. The second-order valence-electron chi connectivity index (χ2n) is 5.01. The highest BCUT2D eigenvalue weighted by Gasteiger charge is 2.15. The highest BCUT2D eigenvalue weighted by Crippen LogP contribution is 2.31. The Labute approximate surface area is 147 Å². The quantitative estimate of drug-likeness (QED) is 0.666. The summed E-state index contributed by atoms with van der Waals surface area (Å²) in [6.45, 7) is -2.64. The molecule has 9 heteroatoms. The van der Waals surface area contributed by atoms with E-state index < -0.39 is 6.61 Å². The van der Waals surface area contributed by atoms with Crippen LogP contribution in [-0.4, -0.2) is 33.5 Å². The minimum atomic E-state index is -2.98. The summed E-state index contributed by atoms with van der Waals surface area (Å²) in [5.41, 5.74) is 1.75. The first kappa shape index (κ1) is 17.1. The van der Waals surface area contributed by atoms with E-state index in [0.29, 0.717) is 22.7 Å². The molecule has 3 aromatic rings. The molecule has 2 heterocycles. The SMILES string of the molecule is COc1ncn(Cc2cnc(OC(F)F)c(-c3cccc(Cl)c3)c2)n1. The fourth-order valence-corrected chi connectivity index (χ4v) is 2.45. The van der Waals surface area contributed by atoms with Crippen LogP contribution in [0.3, 0.4) is 0 Å². The number of rotatable bonds is 6. The molecule has 0 saturated carbocycles. The number of ether oxygens (including phenoxy) is 2. The van der Waals surface area contributed by atoms with Crippen LogP contribution >= 0.6 is 11.6 Å². The molecule has 130 valence electrons. The molecule has 0 radical (unpaired) electrons. The van der Waals surface area contributed by atoms with Gasteiger partial charge in [-0.15, -0.1) is 5.10 Å². The predicted octanol–water partition coefficient (Wildman–Crippen LogP) is 3.65. The summed E-state index contributed by atoms with van der Waals surface area (Å²) in [6, 6.07) is 8.74. The lowest BCUT2D eigenvalue weighted by molar-refractivity contribution is -0.0524. The third kappa shape index (κ3) is 4.21. The van der Waals surface area contributed by atoms with E-state index in [9.17, 15) is 8.78 Å². The van der Waals surface area contributed by atoms with Gasteiger partial charge in [-0.3, -0.25) is 0 Å². The Hall–Kier alpha value is -2.74. The summed E-state index contributed by atoms with van der Waals surface area (Å²) in [5.74, 6) is -0.169. The van der Waals surface area contributed by atoms with Gasteiger partial charge in [0.15, 0.2) is 0 Å². The molecule has 6 nitrogen and oxygen atoms in total. The van der Waals surface area contributed by atoms with Gasteiger partial charge in [-0.05, 0) is 29.3 Å². The molecule has 0 spiro atoms. The number of methoxy groups -OCH3 is 1. The molecule has 1 aromatic carbocycles. The van der Waals surface area contributed by atoms with Crippen LogP contribution in [0.25, 0.3) is 11.1 Å². The number of aromatic nitrogens is 4. The van der Waals surface area contributed by atoms with Gasteiger partial charge in [-0.1, -0.05) is 23.7 Å². The Kier molecular flexibility index (Phi) is 5.08. The molecule has 0 N–H and O–H groups in total. The fraction of sp³-hybridized carbons (Fsp3) is 0.188. The van der Waals surface area contributed by atoms with Crippen molar-refractivity contribution >= 4 is 11.6 Å². The molecule has 0 aliphatic carbocycles. The van der Waals surface area contributed by atoms with Crippen molar-refractivity contribution in [2.24, 2.45) is 0 Å². The van der Waals surface area contributed by atoms with Crippen molar-refractivity contribution in [2.45, 2.75) is 13.2 Å². The van der Waals surface area contributed by atoms with Gasteiger partial charge in [0.25, 0.3) is 0 Å². The van der Waals surface area contributed by atoms with Crippen LogP contribution in [-0.2, 0) is 6.54 Å². The van der Waals surface area contributed by atoms with Crippen LogP contribution in [0.2, 0.25) is 5.02 Å². The molecule has 0 aliphatic rings. The zero-order valence-corrected chi connectivity index (χ0v) is 13.8. The van der Waals surface area contributed by atoms with Gasteiger partial charge in [0.05, 0.1) is 13.7 Å². The van der Waals surface area contributed by atoms with Crippen LogP contribution in [0.15, 0.2) is 42.9 Å². The molecule has 0 bridgehead atoms. The summed E-state index contributed by atoms with van der Waals surface area (Å²) in [5, 5.41) is 4.57. The normalized spacial score (nSPS) is 10.9. The molecule has 0 amide bonds. The molecule has 0 fully saturated rings. The van der Waals surface area contributed by atoms with E-state index in [1.165, 1.54) is 19.6 Å². The minimum Gasteiger partial charge on any atom is -0.466 e. The molecule has 0 saturated heterocycles. The smallest absolute Gasteiger partial charge is 0.388 e. The summed E-state index contributed by atoms with van der Waals surface area (Å²) >= 11 is 6.00. The molecule has 25 heavy (non-hydrogen) atoms. The second kappa shape index (κ2) is 7.43. The van der Waals surface area contributed by atoms with E-state index in [1.54, 1.807) is 35.0 Å². The minimum absolute atomic E-state index is 0.169. The van der Waals surface area contributed by atoms with Gasteiger partial charge in [-0.25, -0.2) is 9.67 Å². The molecule has 2 aromatic heterocycles. The zero-order valence-electron chi connectivity index (χ0n) is 13.1. The lowest BCUT2D eigenvalue weighted by Gasteiger charge is -2.12. The topological polar surface area (TPSA) is 62.1 Å². The third-order valence-electron chi connectivity index (χ3n) is 3.29. The van der Waals surface area contributed by atoms with Crippen molar-refractivity contribution in [3.63, 3.8) is 0 Å². The third-order valence-corrected chi connectivity index (χ3v) is 3.52. The monoisotopic (exact) mass is 366 g/mol. The van der Waals surface area contributed by atoms with E-state index in [2.05, 4.69) is 19.8 Å². The summed E-state index contributed by atoms with van der Waals surface area (Å²) in [6.07, 6.45) is 2.95. The van der Waals surface area contributed by atoms with Crippen LogP contribution < -0.4 is 9.47 Å². The van der Waals surface area contributed by atoms with E-state index >= 15 is 0 Å². The zero-order chi connectivity index (χ0) is 17.8. The Morgan fingerprint density at radius 3 is 2.76 bits per heavy atom. The average molecular weight is 367 g/mol.